The van der Waals surface area contributed by atoms with Crippen molar-refractivity contribution in [1.29, 1.82) is 0 Å². The first kappa shape index (κ1) is 18.2. The molecule has 4 aliphatic rings. The van der Waals surface area contributed by atoms with Crippen molar-refractivity contribution in [3.8, 4) is 0 Å². The third-order valence-electron chi connectivity index (χ3n) is 8.29. The molecule has 0 radical (unpaired) electrons. The Morgan fingerprint density at radius 1 is 1.27 bits per heavy atom. The van der Waals surface area contributed by atoms with E-state index in [2.05, 4.69) is 13.0 Å². The van der Waals surface area contributed by atoms with Gasteiger partial charge in [0.2, 0.25) is 0 Å². The number of fused-ring (bicyclic) bond motifs is 5. The highest BCUT2D eigenvalue weighted by Gasteiger charge is 2.60. The Labute approximate surface area is 156 Å². The lowest BCUT2D eigenvalue weighted by atomic mass is 9.47. The van der Waals surface area contributed by atoms with Crippen molar-refractivity contribution in [3.63, 3.8) is 0 Å². The monoisotopic (exact) mass is 360 g/mol. The highest BCUT2D eigenvalue weighted by atomic mass is 16.5. The van der Waals surface area contributed by atoms with Gasteiger partial charge in [0.05, 0.1) is 6.10 Å². The summed E-state index contributed by atoms with van der Waals surface area (Å²) >= 11 is 0. The molecule has 1 N–H and O–H groups in total. The number of hydrogen-bond acceptors (Lipinski definition) is 4. The van der Waals surface area contributed by atoms with E-state index in [9.17, 15) is 14.7 Å². The molecule has 0 bridgehead atoms. The normalized spacial score (nSPS) is 44.6. The maximum absolute atomic E-state index is 12.5. The van der Waals surface area contributed by atoms with Gasteiger partial charge < -0.3 is 9.84 Å². The molecule has 4 nitrogen and oxygen atoms in total. The van der Waals surface area contributed by atoms with Crippen molar-refractivity contribution in [2.24, 2.45) is 28.6 Å². The van der Waals surface area contributed by atoms with Crippen LogP contribution in [0.1, 0.15) is 71.6 Å². The summed E-state index contributed by atoms with van der Waals surface area (Å²) in [7, 11) is 0. The molecule has 0 aromatic carbocycles. The minimum absolute atomic E-state index is 0.111. The first-order valence-electron chi connectivity index (χ1n) is 10.5. The van der Waals surface area contributed by atoms with E-state index in [4.69, 9.17) is 4.74 Å². The van der Waals surface area contributed by atoms with E-state index in [1.165, 1.54) is 5.57 Å². The van der Waals surface area contributed by atoms with Crippen molar-refractivity contribution in [3.05, 3.63) is 11.6 Å². The van der Waals surface area contributed by atoms with Crippen LogP contribution in [0.4, 0.5) is 0 Å². The molecule has 0 aromatic heterocycles. The predicted molar refractivity (Wildman–Crippen MR) is 98.3 cm³/mol. The van der Waals surface area contributed by atoms with Crippen LogP contribution >= 0.6 is 0 Å². The number of carbonyl (C=O) groups excluding carboxylic acids is 2. The van der Waals surface area contributed by atoms with Crippen molar-refractivity contribution >= 4 is 11.8 Å². The standard InChI is InChI=1S/C22H32O4/c1-3-20(25)26-13-22-11-8-15(23)12-14(22)4-5-16-17-6-7-19(24)21(17,2)10-9-18(16)22/h4,15-18,23H,3,5-13H2,1-2H3/t15?,16-,17-,18+,21-,22+/m0/s1. The Balaban J connectivity index is 1.67. The summed E-state index contributed by atoms with van der Waals surface area (Å²) in [6.07, 6.45) is 9.65. The van der Waals surface area contributed by atoms with Gasteiger partial charge in [-0.25, -0.2) is 0 Å². The fraction of sp³-hybridized carbons (Fsp3) is 0.818. The second-order valence-corrected chi connectivity index (χ2v) is 9.33. The minimum Gasteiger partial charge on any atom is -0.465 e. The van der Waals surface area contributed by atoms with Gasteiger partial charge in [-0.2, -0.15) is 0 Å². The molecule has 0 saturated heterocycles. The predicted octanol–water partition coefficient (Wildman–Crippen LogP) is 3.81. The van der Waals surface area contributed by atoms with Crippen LogP contribution in [0.2, 0.25) is 0 Å². The van der Waals surface area contributed by atoms with Crippen LogP contribution in [0, 0.1) is 28.6 Å². The van der Waals surface area contributed by atoms with Crippen molar-refractivity contribution in [2.75, 3.05) is 6.61 Å². The van der Waals surface area contributed by atoms with Crippen LogP contribution in [0.15, 0.2) is 11.6 Å². The SMILES string of the molecule is CCC(=O)OC[C@]12CCC(O)CC1=CC[C@@H]1[C@H]2CC[C@]2(C)C(=O)CC[C@@H]12. The molecule has 0 heterocycles. The number of ketones is 1. The van der Waals surface area contributed by atoms with Gasteiger partial charge in [-0.15, -0.1) is 0 Å². The van der Waals surface area contributed by atoms with Gasteiger partial charge in [-0.3, -0.25) is 9.59 Å². The van der Waals surface area contributed by atoms with Crippen LogP contribution < -0.4 is 0 Å². The molecule has 3 fully saturated rings. The van der Waals surface area contributed by atoms with Gasteiger partial charge in [0.25, 0.3) is 0 Å². The lowest BCUT2D eigenvalue weighted by Crippen LogP contribution is -2.53. The molecule has 26 heavy (non-hydrogen) atoms. The number of esters is 1. The molecule has 6 atom stereocenters. The number of carbonyl (C=O) groups is 2. The maximum Gasteiger partial charge on any atom is 0.305 e. The van der Waals surface area contributed by atoms with Gasteiger partial charge in [0.15, 0.2) is 0 Å². The highest BCUT2D eigenvalue weighted by molar-refractivity contribution is 5.87. The van der Waals surface area contributed by atoms with E-state index in [-0.39, 0.29) is 22.9 Å². The van der Waals surface area contributed by atoms with Gasteiger partial charge >= 0.3 is 5.97 Å². The molecule has 4 heteroatoms. The summed E-state index contributed by atoms with van der Waals surface area (Å²) in [5.74, 6) is 1.78. The lowest BCUT2D eigenvalue weighted by molar-refractivity contribution is -0.152. The summed E-state index contributed by atoms with van der Waals surface area (Å²) in [6, 6.07) is 0. The zero-order valence-corrected chi connectivity index (χ0v) is 16.1. The van der Waals surface area contributed by atoms with Crippen molar-refractivity contribution in [1.82, 2.24) is 0 Å². The molecule has 144 valence electrons. The minimum atomic E-state index is -0.269. The molecule has 4 aliphatic carbocycles. The van der Waals surface area contributed by atoms with Crippen LogP contribution in [-0.4, -0.2) is 29.6 Å². The highest BCUT2D eigenvalue weighted by Crippen LogP contribution is 2.64. The average Bonchev–Trinajstić information content (AvgIpc) is 2.94. The Morgan fingerprint density at radius 2 is 2.08 bits per heavy atom. The zero-order chi connectivity index (χ0) is 18.5. The smallest absolute Gasteiger partial charge is 0.305 e. The summed E-state index contributed by atoms with van der Waals surface area (Å²) in [6.45, 7) is 4.48. The van der Waals surface area contributed by atoms with Crippen molar-refractivity contribution < 1.29 is 19.4 Å². The first-order chi connectivity index (χ1) is 12.4. The number of hydrogen-bond donors (Lipinski definition) is 1. The maximum atomic E-state index is 12.5. The molecule has 3 saturated carbocycles. The fourth-order valence-corrected chi connectivity index (χ4v) is 6.79. The number of rotatable bonds is 3. The molecular weight excluding hydrogens is 328 g/mol. The van der Waals surface area contributed by atoms with Crippen LogP contribution in [0.5, 0.6) is 0 Å². The second kappa shape index (κ2) is 6.47. The quantitative estimate of drug-likeness (QED) is 0.614. The molecule has 0 spiro atoms. The summed E-state index contributed by atoms with van der Waals surface area (Å²) in [4.78, 5) is 24.4. The van der Waals surface area contributed by atoms with E-state index in [0.717, 1.165) is 44.9 Å². The number of Topliss-reactive ketones (excluding diaryl/α,β-unsaturated/α-hetero) is 1. The second-order valence-electron chi connectivity index (χ2n) is 9.33. The van der Waals surface area contributed by atoms with Gasteiger partial charge in [-0.1, -0.05) is 25.5 Å². The summed E-state index contributed by atoms with van der Waals surface area (Å²) in [5.41, 5.74) is 1.07. The van der Waals surface area contributed by atoms with Gasteiger partial charge in [0, 0.05) is 23.7 Å². The third kappa shape index (κ3) is 2.59. The topological polar surface area (TPSA) is 63.6 Å². The number of ether oxygens (including phenoxy) is 1. The third-order valence-corrected chi connectivity index (χ3v) is 8.29. The van der Waals surface area contributed by atoms with E-state index in [1.54, 1.807) is 0 Å². The Hall–Kier alpha value is -1.16. The Bertz CT molecular complexity index is 638. The molecular formula is C22H32O4. The molecule has 0 aromatic rings. The van der Waals surface area contributed by atoms with E-state index in [1.807, 2.05) is 6.92 Å². The van der Waals surface area contributed by atoms with E-state index < -0.39 is 0 Å². The summed E-state index contributed by atoms with van der Waals surface area (Å²) < 4.78 is 5.70. The number of aliphatic hydroxyl groups is 1. The largest absolute Gasteiger partial charge is 0.465 e. The lowest BCUT2D eigenvalue weighted by Gasteiger charge is -2.57. The number of aliphatic hydroxyl groups excluding tert-OH is 1. The van der Waals surface area contributed by atoms with Crippen LogP contribution in [0.25, 0.3) is 0 Å². The van der Waals surface area contributed by atoms with Gasteiger partial charge in [0.1, 0.15) is 12.4 Å². The zero-order valence-electron chi connectivity index (χ0n) is 16.1. The van der Waals surface area contributed by atoms with E-state index >= 15 is 0 Å². The van der Waals surface area contributed by atoms with Gasteiger partial charge in [-0.05, 0) is 62.7 Å². The van der Waals surface area contributed by atoms with Crippen LogP contribution in [0.3, 0.4) is 0 Å². The Kier molecular flexibility index (Phi) is 4.53. The molecule has 4 rings (SSSR count). The molecule has 0 amide bonds. The summed E-state index contributed by atoms with van der Waals surface area (Å²) in [5, 5.41) is 10.2. The Morgan fingerprint density at radius 3 is 2.85 bits per heavy atom. The fourth-order valence-electron chi connectivity index (χ4n) is 6.79. The average molecular weight is 360 g/mol. The van der Waals surface area contributed by atoms with Crippen molar-refractivity contribution in [2.45, 2.75) is 77.7 Å². The molecule has 1 unspecified atom stereocenters. The van der Waals surface area contributed by atoms with Crippen LogP contribution in [-0.2, 0) is 14.3 Å². The van der Waals surface area contributed by atoms with E-state index in [0.29, 0.717) is 43.0 Å². The number of allylic oxidation sites excluding steroid dienone is 1. The molecule has 0 aliphatic heterocycles. The first-order valence-corrected chi connectivity index (χ1v) is 10.5.